The van der Waals surface area contributed by atoms with E-state index in [1.54, 1.807) is 29.6 Å². The lowest BCUT2D eigenvalue weighted by atomic mass is 10.1. The number of carboxylic acids is 1. The summed E-state index contributed by atoms with van der Waals surface area (Å²) in [5.41, 5.74) is 0.928. The predicted octanol–water partition coefficient (Wildman–Crippen LogP) is -0.780. The van der Waals surface area contributed by atoms with Crippen molar-refractivity contribution in [2.45, 2.75) is 11.4 Å². The Morgan fingerprint density at radius 2 is 2.21 bits per heavy atom. The molecule has 19 heavy (non-hydrogen) atoms. The van der Waals surface area contributed by atoms with Crippen LogP contribution in [0.15, 0.2) is 39.7 Å². The average molecular weight is 277 g/mol. The van der Waals surface area contributed by atoms with Gasteiger partial charge in [-0.1, -0.05) is 23.9 Å². The fourth-order valence-electron chi connectivity index (χ4n) is 2.16. The van der Waals surface area contributed by atoms with E-state index < -0.39 is 12.0 Å². The van der Waals surface area contributed by atoms with Gasteiger partial charge in [-0.3, -0.25) is 4.79 Å². The Kier molecular flexibility index (Phi) is 3.04. The molecule has 1 aliphatic heterocycles. The molecular weight excluding hydrogens is 266 g/mol. The zero-order chi connectivity index (χ0) is 13.4. The Labute approximate surface area is 112 Å². The van der Waals surface area contributed by atoms with Crippen LogP contribution in [0.4, 0.5) is 0 Å². The molecule has 0 bridgehead atoms. The van der Waals surface area contributed by atoms with Crippen LogP contribution in [0.1, 0.15) is 10.9 Å². The van der Waals surface area contributed by atoms with Crippen LogP contribution in [0.25, 0.3) is 11.0 Å². The molecule has 3 rings (SSSR count). The second kappa shape index (κ2) is 4.71. The molecule has 98 valence electrons. The van der Waals surface area contributed by atoms with E-state index in [1.165, 1.54) is 18.0 Å². The van der Waals surface area contributed by atoms with Gasteiger partial charge in [0.25, 0.3) is 0 Å². The number of fused-ring (bicyclic) bond motifs is 1. The molecule has 0 aliphatic carbocycles. The van der Waals surface area contributed by atoms with E-state index in [4.69, 9.17) is 4.42 Å². The lowest BCUT2D eigenvalue weighted by Gasteiger charge is -2.10. The van der Waals surface area contributed by atoms with Gasteiger partial charge < -0.3 is 19.6 Å². The summed E-state index contributed by atoms with van der Waals surface area (Å²) < 4.78 is 5.44. The standard InChI is InChI=1S/C13H11NO4S/c15-11-7-3-1-2-4-10(7)18-5-8(11)12-14-9(6-19-12)13(16)17/h1-5,9,12,14H,6H2,(H,16,17)/t9-,12+/m1/s1. The van der Waals surface area contributed by atoms with Gasteiger partial charge in [-0.25, -0.2) is 0 Å². The number of carbonyl (C=O) groups is 1. The third-order valence-electron chi connectivity index (χ3n) is 3.18. The van der Waals surface area contributed by atoms with Crippen molar-refractivity contribution in [2.24, 2.45) is 0 Å². The Hall–Kier alpha value is -1.79. The number of nitrogens with two attached hydrogens (primary N) is 1. The number of hydrogen-bond donors (Lipinski definition) is 1. The number of thioether (sulfide) groups is 1. The highest BCUT2D eigenvalue weighted by molar-refractivity contribution is 7.99. The van der Waals surface area contributed by atoms with Crippen LogP contribution in [0.5, 0.6) is 0 Å². The first kappa shape index (κ1) is 12.3. The molecule has 0 spiro atoms. The van der Waals surface area contributed by atoms with E-state index >= 15 is 0 Å². The van der Waals surface area contributed by atoms with Crippen LogP contribution in [0.2, 0.25) is 0 Å². The summed E-state index contributed by atoms with van der Waals surface area (Å²) in [7, 11) is 0. The normalized spacial score (nSPS) is 22.7. The SMILES string of the molecule is O=C([O-])[C@H]1CS[C@@H](c2coc3ccccc3c2=O)[NH2+]1. The molecule has 2 N–H and O–H groups in total. The van der Waals surface area contributed by atoms with Crippen molar-refractivity contribution in [3.05, 3.63) is 46.3 Å². The highest BCUT2D eigenvalue weighted by Crippen LogP contribution is 2.26. The highest BCUT2D eigenvalue weighted by atomic mass is 32.2. The molecule has 0 unspecified atom stereocenters. The number of carbonyl (C=O) groups excluding carboxylic acids is 1. The first-order valence-corrected chi connectivity index (χ1v) is 6.89. The second-order valence-electron chi connectivity index (χ2n) is 4.39. The maximum atomic E-state index is 12.3. The molecule has 1 aliphatic rings. The third kappa shape index (κ3) is 2.13. The van der Waals surface area contributed by atoms with Crippen LogP contribution >= 0.6 is 11.8 Å². The van der Waals surface area contributed by atoms with Gasteiger partial charge in [0.2, 0.25) is 5.43 Å². The second-order valence-corrected chi connectivity index (χ2v) is 5.56. The van der Waals surface area contributed by atoms with E-state index in [0.717, 1.165) is 0 Å². The van der Waals surface area contributed by atoms with E-state index in [-0.39, 0.29) is 10.8 Å². The van der Waals surface area contributed by atoms with E-state index in [9.17, 15) is 14.7 Å². The number of hydrogen-bond acceptors (Lipinski definition) is 5. The molecule has 0 amide bonds. The van der Waals surface area contributed by atoms with Crippen molar-refractivity contribution in [2.75, 3.05) is 5.75 Å². The Bertz CT molecular complexity index is 696. The zero-order valence-corrected chi connectivity index (χ0v) is 10.7. The summed E-state index contributed by atoms with van der Waals surface area (Å²) in [6.07, 6.45) is 1.43. The first-order valence-electron chi connectivity index (χ1n) is 5.84. The Balaban J connectivity index is 2.00. The summed E-state index contributed by atoms with van der Waals surface area (Å²) in [6.45, 7) is 0. The molecule has 2 atom stereocenters. The number of benzene rings is 1. The van der Waals surface area contributed by atoms with E-state index in [0.29, 0.717) is 22.3 Å². The Morgan fingerprint density at radius 3 is 2.95 bits per heavy atom. The minimum absolute atomic E-state index is 0.102. The number of aliphatic carboxylic acids is 1. The number of carboxylic acid groups (broad SMARTS) is 1. The predicted molar refractivity (Wildman–Crippen MR) is 68.4 cm³/mol. The Morgan fingerprint density at radius 1 is 1.42 bits per heavy atom. The molecule has 2 aromatic rings. The lowest BCUT2D eigenvalue weighted by molar-refractivity contribution is -0.690. The van der Waals surface area contributed by atoms with Crippen molar-refractivity contribution in [1.29, 1.82) is 0 Å². The van der Waals surface area contributed by atoms with Crippen LogP contribution in [-0.4, -0.2) is 17.8 Å². The maximum Gasteiger partial charge on any atom is 0.202 e. The zero-order valence-electron chi connectivity index (χ0n) is 9.87. The van der Waals surface area contributed by atoms with Crippen LogP contribution in [0, 0.1) is 0 Å². The van der Waals surface area contributed by atoms with Crippen molar-refractivity contribution < 1.29 is 19.6 Å². The monoisotopic (exact) mass is 277 g/mol. The van der Waals surface area contributed by atoms with Gasteiger partial charge in [0, 0.05) is 0 Å². The summed E-state index contributed by atoms with van der Waals surface area (Å²) in [5, 5.41) is 12.7. The molecule has 0 radical (unpaired) electrons. The third-order valence-corrected chi connectivity index (χ3v) is 4.50. The van der Waals surface area contributed by atoms with Gasteiger partial charge in [0.05, 0.1) is 11.1 Å². The molecular formula is C13H11NO4S. The fraction of sp³-hybridized carbons (Fsp3) is 0.231. The highest BCUT2D eigenvalue weighted by Gasteiger charge is 2.33. The van der Waals surface area contributed by atoms with Gasteiger partial charge in [-0.2, -0.15) is 0 Å². The van der Waals surface area contributed by atoms with Gasteiger partial charge in [-0.05, 0) is 12.1 Å². The minimum atomic E-state index is -1.10. The van der Waals surface area contributed by atoms with Crippen LogP contribution in [-0.2, 0) is 4.79 Å². The van der Waals surface area contributed by atoms with Gasteiger partial charge in [0.15, 0.2) is 5.37 Å². The van der Waals surface area contributed by atoms with Gasteiger partial charge in [0.1, 0.15) is 29.4 Å². The fourth-order valence-corrected chi connectivity index (χ4v) is 3.46. The molecule has 0 saturated carbocycles. The molecule has 1 fully saturated rings. The minimum Gasteiger partial charge on any atom is -0.544 e. The van der Waals surface area contributed by atoms with Crippen molar-refractivity contribution in [1.82, 2.24) is 0 Å². The lowest BCUT2D eigenvalue weighted by Crippen LogP contribution is -2.91. The van der Waals surface area contributed by atoms with Gasteiger partial charge in [-0.15, -0.1) is 0 Å². The quantitative estimate of drug-likeness (QED) is 0.778. The summed E-state index contributed by atoms with van der Waals surface area (Å²) in [5.74, 6) is -0.667. The first-order chi connectivity index (χ1) is 9.16. The van der Waals surface area contributed by atoms with E-state index in [2.05, 4.69) is 0 Å². The van der Waals surface area contributed by atoms with Crippen molar-refractivity contribution >= 4 is 28.7 Å². The van der Waals surface area contributed by atoms with Crippen LogP contribution in [0.3, 0.4) is 0 Å². The molecule has 6 heteroatoms. The smallest absolute Gasteiger partial charge is 0.202 e. The van der Waals surface area contributed by atoms with Gasteiger partial charge >= 0.3 is 0 Å². The maximum absolute atomic E-state index is 12.3. The molecule has 2 heterocycles. The number of para-hydroxylation sites is 1. The van der Waals surface area contributed by atoms with Crippen molar-refractivity contribution in [3.8, 4) is 0 Å². The summed E-state index contributed by atoms with van der Waals surface area (Å²) >= 11 is 1.42. The average Bonchev–Trinajstić information content (AvgIpc) is 2.89. The molecule has 1 aromatic carbocycles. The van der Waals surface area contributed by atoms with Crippen molar-refractivity contribution in [3.63, 3.8) is 0 Å². The summed E-state index contributed by atoms with van der Waals surface area (Å²) in [6, 6.07) is 6.41. The van der Waals surface area contributed by atoms with Crippen LogP contribution < -0.4 is 15.9 Å². The summed E-state index contributed by atoms with van der Waals surface area (Å²) in [4.78, 5) is 23.2. The topological polar surface area (TPSA) is 87.0 Å². The largest absolute Gasteiger partial charge is 0.544 e. The number of quaternary nitrogens is 1. The molecule has 1 aromatic heterocycles. The number of rotatable bonds is 2. The van der Waals surface area contributed by atoms with E-state index in [1.807, 2.05) is 0 Å². The molecule has 1 saturated heterocycles. The molecule has 5 nitrogen and oxygen atoms in total.